The Morgan fingerprint density at radius 3 is 2.32 bits per heavy atom. The number of rotatable bonds is 9. The third-order valence-electron chi connectivity index (χ3n) is 5.94. The molecule has 0 aliphatic heterocycles. The zero-order valence-corrected chi connectivity index (χ0v) is 21.4. The summed E-state index contributed by atoms with van der Waals surface area (Å²) in [5.74, 6) is -2.63. The fraction of sp³-hybridized carbons (Fsp3) is 0.200. The molecule has 0 bridgehead atoms. The number of nitrogens with two attached hydrogens (primary N) is 1. The predicted molar refractivity (Wildman–Crippen MR) is 138 cm³/mol. The second-order valence-corrected chi connectivity index (χ2v) is 8.83. The monoisotopic (exact) mass is 573 g/mol. The van der Waals surface area contributed by atoms with E-state index in [2.05, 4.69) is 36.1 Å². The van der Waals surface area contributed by atoms with Crippen molar-refractivity contribution in [3.63, 3.8) is 0 Å². The Labute approximate surface area is 229 Å². The van der Waals surface area contributed by atoms with Gasteiger partial charge >= 0.3 is 12.3 Å². The summed E-state index contributed by atoms with van der Waals surface area (Å²) < 4.78 is 54.4. The van der Waals surface area contributed by atoms with Gasteiger partial charge in [-0.05, 0) is 43.7 Å². The highest BCUT2D eigenvalue weighted by molar-refractivity contribution is 5.98. The van der Waals surface area contributed by atoms with Crippen molar-refractivity contribution in [3.05, 3.63) is 83.2 Å². The van der Waals surface area contributed by atoms with E-state index in [9.17, 15) is 27.9 Å². The first-order chi connectivity index (χ1) is 19.3. The van der Waals surface area contributed by atoms with Crippen LogP contribution in [0.1, 0.15) is 40.1 Å². The number of benzene rings is 1. The van der Waals surface area contributed by atoms with Crippen molar-refractivity contribution >= 4 is 29.3 Å². The van der Waals surface area contributed by atoms with Gasteiger partial charge in [0.25, 0.3) is 5.91 Å². The van der Waals surface area contributed by atoms with E-state index in [-0.39, 0.29) is 16.9 Å². The van der Waals surface area contributed by atoms with Crippen molar-refractivity contribution in [2.75, 3.05) is 10.6 Å². The van der Waals surface area contributed by atoms with Gasteiger partial charge in [-0.15, -0.1) is 4.80 Å². The summed E-state index contributed by atoms with van der Waals surface area (Å²) in [6.07, 6.45) is -1.64. The average molecular weight is 574 g/mol. The van der Waals surface area contributed by atoms with E-state index in [0.29, 0.717) is 17.1 Å². The van der Waals surface area contributed by atoms with Crippen LogP contribution in [-0.2, 0) is 6.18 Å². The molecular weight excluding hydrogens is 550 g/mol. The topological polar surface area (TPSA) is 173 Å². The lowest BCUT2D eigenvalue weighted by atomic mass is 9.98. The van der Waals surface area contributed by atoms with Gasteiger partial charge in [-0.3, -0.25) is 9.78 Å². The number of carbonyl (C=O) groups excluding carboxylic acids is 1. The van der Waals surface area contributed by atoms with Crippen LogP contribution in [0.25, 0.3) is 5.69 Å². The highest BCUT2D eigenvalue weighted by Crippen LogP contribution is 2.32. The maximum absolute atomic E-state index is 15.2. The van der Waals surface area contributed by atoms with Crippen LogP contribution in [0.4, 0.5) is 39.7 Å². The minimum absolute atomic E-state index is 0.170. The van der Waals surface area contributed by atoms with Crippen molar-refractivity contribution < 1.29 is 32.3 Å². The van der Waals surface area contributed by atoms with Crippen LogP contribution in [0.15, 0.2) is 55.0 Å². The fourth-order valence-corrected chi connectivity index (χ4v) is 3.94. The Bertz CT molecular complexity index is 1560. The number of carboxylic acid groups (broad SMARTS) is 1. The average Bonchev–Trinajstić information content (AvgIpc) is 3.43. The van der Waals surface area contributed by atoms with Crippen molar-refractivity contribution in [3.8, 4) is 5.69 Å². The van der Waals surface area contributed by atoms with Crippen LogP contribution in [0.3, 0.4) is 0 Å². The smallest absolute Gasteiger partial charge is 0.416 e. The standard InChI is InChI=1S/C25H23F4N9O3/c1-12-19(38-32-7-8-33-38)9-16(11-31-12)35-22-17(21(30)39)10-18(26)23(37-22)36-20(13(2)34-24(40)41)14-3-5-15(6-4-14)25(27,28)29/h3-11,13,20,34H,1-2H3,(H2,30,39)(H,40,41)(H2,35,36,37)/t13-,20-/m0/s1. The lowest BCUT2D eigenvalue weighted by Gasteiger charge is -2.27. The molecule has 214 valence electrons. The number of carbonyl (C=O) groups is 2. The van der Waals surface area contributed by atoms with E-state index in [1.165, 1.54) is 30.3 Å². The van der Waals surface area contributed by atoms with E-state index < -0.39 is 47.5 Å². The highest BCUT2D eigenvalue weighted by Gasteiger charge is 2.31. The summed E-state index contributed by atoms with van der Waals surface area (Å²) in [6.45, 7) is 3.16. The maximum atomic E-state index is 15.2. The Hall–Kier alpha value is -5.28. The molecule has 16 heteroatoms. The number of primary amides is 1. The molecule has 2 amide bonds. The van der Waals surface area contributed by atoms with Crippen LogP contribution >= 0.6 is 0 Å². The maximum Gasteiger partial charge on any atom is 0.416 e. The van der Waals surface area contributed by atoms with E-state index in [1.807, 2.05) is 0 Å². The zero-order chi connectivity index (χ0) is 29.9. The third kappa shape index (κ3) is 6.66. The number of hydrogen-bond donors (Lipinski definition) is 5. The lowest BCUT2D eigenvalue weighted by molar-refractivity contribution is -0.137. The van der Waals surface area contributed by atoms with Gasteiger partial charge in [0.2, 0.25) is 0 Å². The lowest BCUT2D eigenvalue weighted by Crippen LogP contribution is -2.39. The van der Waals surface area contributed by atoms with Crippen LogP contribution < -0.4 is 21.7 Å². The molecule has 2 atom stereocenters. The molecule has 4 aromatic rings. The van der Waals surface area contributed by atoms with Gasteiger partial charge in [-0.1, -0.05) is 12.1 Å². The van der Waals surface area contributed by atoms with Gasteiger partial charge < -0.3 is 26.8 Å². The SMILES string of the molecule is Cc1ncc(Nc2nc(N[C@H](c3ccc(C(F)(F)F)cc3)[C@H](C)NC(=O)O)c(F)cc2C(N)=O)cc1-n1nccn1. The molecule has 1 aromatic carbocycles. The molecule has 0 saturated heterocycles. The van der Waals surface area contributed by atoms with Crippen LogP contribution in [-0.4, -0.2) is 48.1 Å². The van der Waals surface area contributed by atoms with Crippen molar-refractivity contribution in [1.82, 2.24) is 30.3 Å². The van der Waals surface area contributed by atoms with Crippen molar-refractivity contribution in [2.24, 2.45) is 5.73 Å². The van der Waals surface area contributed by atoms with E-state index in [4.69, 9.17) is 5.73 Å². The van der Waals surface area contributed by atoms with E-state index in [1.54, 1.807) is 13.0 Å². The molecular formula is C25H23F4N9O3. The molecule has 4 rings (SSSR count). The predicted octanol–water partition coefficient (Wildman–Crippen LogP) is 4.18. The quantitative estimate of drug-likeness (QED) is 0.184. The van der Waals surface area contributed by atoms with Gasteiger partial charge in [0.15, 0.2) is 11.6 Å². The minimum Gasteiger partial charge on any atom is -0.465 e. The number of halogens is 4. The van der Waals surface area contributed by atoms with Crippen LogP contribution in [0, 0.1) is 12.7 Å². The Balaban J connectivity index is 1.72. The van der Waals surface area contributed by atoms with Gasteiger partial charge in [0, 0.05) is 0 Å². The molecule has 3 aromatic heterocycles. The number of anilines is 3. The molecule has 0 aliphatic rings. The molecule has 41 heavy (non-hydrogen) atoms. The fourth-order valence-electron chi connectivity index (χ4n) is 3.94. The summed E-state index contributed by atoms with van der Waals surface area (Å²) in [4.78, 5) is 33.2. The number of amides is 2. The van der Waals surface area contributed by atoms with Crippen molar-refractivity contribution in [1.29, 1.82) is 0 Å². The van der Waals surface area contributed by atoms with Gasteiger partial charge in [-0.2, -0.15) is 23.4 Å². The molecule has 12 nitrogen and oxygen atoms in total. The number of nitrogens with one attached hydrogen (secondary N) is 3. The molecule has 0 fully saturated rings. The molecule has 0 spiro atoms. The number of aryl methyl sites for hydroxylation is 1. The number of nitrogens with zero attached hydrogens (tertiary/aromatic N) is 5. The second-order valence-electron chi connectivity index (χ2n) is 8.83. The van der Waals surface area contributed by atoms with Crippen LogP contribution in [0.2, 0.25) is 0 Å². The summed E-state index contributed by atoms with van der Waals surface area (Å²) in [5, 5.41) is 25.1. The summed E-state index contributed by atoms with van der Waals surface area (Å²) >= 11 is 0. The Morgan fingerprint density at radius 2 is 1.73 bits per heavy atom. The molecule has 0 aliphatic carbocycles. The largest absolute Gasteiger partial charge is 0.465 e. The first-order valence-corrected chi connectivity index (χ1v) is 11.9. The molecule has 0 unspecified atom stereocenters. The molecule has 0 radical (unpaired) electrons. The summed E-state index contributed by atoms with van der Waals surface area (Å²) in [5.41, 5.74) is 5.81. The van der Waals surface area contributed by atoms with Gasteiger partial charge in [-0.25, -0.2) is 14.2 Å². The molecule has 6 N–H and O–H groups in total. The Kier molecular flexibility index (Phi) is 8.02. The second kappa shape index (κ2) is 11.4. The number of pyridine rings is 2. The summed E-state index contributed by atoms with van der Waals surface area (Å²) in [6, 6.07) is 4.30. The first kappa shape index (κ1) is 28.7. The van der Waals surface area contributed by atoms with Gasteiger partial charge in [0.05, 0.1) is 53.2 Å². The van der Waals surface area contributed by atoms with Crippen molar-refractivity contribution in [2.45, 2.75) is 32.1 Å². The first-order valence-electron chi connectivity index (χ1n) is 11.9. The van der Waals surface area contributed by atoms with Gasteiger partial charge in [0.1, 0.15) is 11.5 Å². The third-order valence-corrected chi connectivity index (χ3v) is 5.94. The van der Waals surface area contributed by atoms with E-state index >= 15 is 4.39 Å². The Morgan fingerprint density at radius 1 is 1.07 bits per heavy atom. The zero-order valence-electron chi connectivity index (χ0n) is 21.4. The number of aromatic nitrogens is 5. The number of alkyl halides is 3. The summed E-state index contributed by atoms with van der Waals surface area (Å²) in [7, 11) is 0. The molecule has 0 saturated carbocycles. The normalized spacial score (nSPS) is 12.8. The molecule has 3 heterocycles. The number of hydrogen-bond acceptors (Lipinski definition) is 8. The van der Waals surface area contributed by atoms with E-state index in [0.717, 1.165) is 30.3 Å². The van der Waals surface area contributed by atoms with Crippen LogP contribution in [0.5, 0.6) is 0 Å². The highest BCUT2D eigenvalue weighted by atomic mass is 19.4. The minimum atomic E-state index is -4.59.